The fraction of sp³-hybridized carbons (Fsp3) is 0.167. The molecule has 0 bridgehead atoms. The van der Waals surface area contributed by atoms with E-state index in [1.807, 2.05) is 24.3 Å². The molecule has 0 spiro atoms. The van der Waals surface area contributed by atoms with Crippen molar-refractivity contribution >= 4 is 23.2 Å². The lowest BCUT2D eigenvalue weighted by atomic mass is 10.1. The Labute approximate surface area is 147 Å². The average Bonchev–Trinajstić information content (AvgIpc) is 2.90. The molecule has 0 aliphatic rings. The number of para-hydroxylation sites is 2. The molecule has 0 aliphatic carbocycles. The molecule has 0 saturated heterocycles. The second-order valence-electron chi connectivity index (χ2n) is 5.61. The van der Waals surface area contributed by atoms with Crippen LogP contribution in [0.5, 0.6) is 0 Å². The first-order valence-electron chi connectivity index (χ1n) is 7.76. The van der Waals surface area contributed by atoms with E-state index in [4.69, 9.17) is 0 Å². The third-order valence-electron chi connectivity index (χ3n) is 3.81. The second-order valence-corrected chi connectivity index (χ2v) is 5.61. The third-order valence-corrected chi connectivity index (χ3v) is 3.81. The summed E-state index contributed by atoms with van der Waals surface area (Å²) in [7, 11) is 0. The molecule has 134 valence electrons. The number of nitrogens with one attached hydrogen (secondary N) is 1. The lowest BCUT2D eigenvalue weighted by Gasteiger charge is -2.09. The topological polar surface area (TPSA) is 59.3 Å². The summed E-state index contributed by atoms with van der Waals surface area (Å²) in [5.74, 6) is 0.199. The number of hydrazone groups is 1. The van der Waals surface area contributed by atoms with Gasteiger partial charge in [-0.05, 0) is 25.1 Å². The molecule has 26 heavy (non-hydrogen) atoms. The maximum Gasteiger partial charge on any atom is 0.417 e. The Morgan fingerprint density at radius 3 is 2.65 bits per heavy atom. The molecule has 5 nitrogen and oxygen atoms in total. The Kier molecular flexibility index (Phi) is 4.75. The molecule has 1 heterocycles. The summed E-state index contributed by atoms with van der Waals surface area (Å²) >= 11 is 0. The minimum atomic E-state index is -4.49. The second kappa shape index (κ2) is 6.99. The molecule has 0 radical (unpaired) electrons. The Morgan fingerprint density at radius 2 is 1.88 bits per heavy atom. The summed E-state index contributed by atoms with van der Waals surface area (Å²) in [5, 5.41) is 3.65. The molecule has 1 N–H and O–H groups in total. The minimum Gasteiger partial charge on any atom is -0.319 e. The highest BCUT2D eigenvalue weighted by molar-refractivity contribution is 5.85. The first kappa shape index (κ1) is 17.7. The van der Waals surface area contributed by atoms with Crippen molar-refractivity contribution in [2.75, 3.05) is 0 Å². The van der Waals surface area contributed by atoms with Crippen LogP contribution in [0.2, 0.25) is 0 Å². The molecule has 2 aromatic carbocycles. The van der Waals surface area contributed by atoms with Gasteiger partial charge in [0.1, 0.15) is 12.4 Å². The fourth-order valence-electron chi connectivity index (χ4n) is 2.62. The van der Waals surface area contributed by atoms with Crippen molar-refractivity contribution in [2.24, 2.45) is 5.10 Å². The average molecular weight is 360 g/mol. The van der Waals surface area contributed by atoms with Crippen LogP contribution >= 0.6 is 0 Å². The van der Waals surface area contributed by atoms with Crippen LogP contribution < -0.4 is 5.43 Å². The first-order valence-corrected chi connectivity index (χ1v) is 7.76. The summed E-state index contributed by atoms with van der Waals surface area (Å²) in [5.41, 5.74) is 2.89. The molecular weight excluding hydrogens is 345 g/mol. The lowest BCUT2D eigenvalue weighted by molar-refractivity contribution is -0.137. The first-order chi connectivity index (χ1) is 12.4. The van der Waals surface area contributed by atoms with Gasteiger partial charge in [0.05, 0.1) is 22.8 Å². The molecule has 0 fully saturated rings. The summed E-state index contributed by atoms with van der Waals surface area (Å²) in [6.07, 6.45) is -3.50. The Balaban J connectivity index is 1.72. The molecule has 3 rings (SSSR count). The van der Waals surface area contributed by atoms with Crippen LogP contribution in [0.3, 0.4) is 0 Å². The lowest BCUT2D eigenvalue weighted by Crippen LogP contribution is -2.23. The number of halogens is 3. The number of nitrogens with zero attached hydrogens (tertiary/aromatic N) is 3. The van der Waals surface area contributed by atoms with Crippen molar-refractivity contribution in [3.8, 4) is 0 Å². The van der Waals surface area contributed by atoms with Crippen LogP contribution in [0.15, 0.2) is 53.6 Å². The van der Waals surface area contributed by atoms with Crippen molar-refractivity contribution in [1.29, 1.82) is 0 Å². The number of carbonyl (C=O) groups is 1. The molecule has 0 unspecified atom stereocenters. The number of imidazole rings is 1. The number of hydrogen-bond donors (Lipinski definition) is 1. The highest BCUT2D eigenvalue weighted by Gasteiger charge is 2.32. The van der Waals surface area contributed by atoms with Crippen molar-refractivity contribution in [2.45, 2.75) is 19.6 Å². The van der Waals surface area contributed by atoms with E-state index in [0.717, 1.165) is 23.3 Å². The van der Waals surface area contributed by atoms with Gasteiger partial charge in [-0.2, -0.15) is 18.3 Å². The summed E-state index contributed by atoms with van der Waals surface area (Å²) in [6, 6.07) is 12.4. The number of alkyl halides is 3. The quantitative estimate of drug-likeness (QED) is 0.572. The van der Waals surface area contributed by atoms with E-state index in [1.54, 1.807) is 11.5 Å². The highest BCUT2D eigenvalue weighted by Crippen LogP contribution is 2.31. The zero-order chi connectivity index (χ0) is 18.7. The number of hydrogen-bond acceptors (Lipinski definition) is 3. The van der Waals surface area contributed by atoms with Crippen LogP contribution in [-0.2, 0) is 17.5 Å². The van der Waals surface area contributed by atoms with Gasteiger partial charge in [-0.15, -0.1) is 0 Å². The van der Waals surface area contributed by atoms with E-state index in [9.17, 15) is 18.0 Å². The van der Waals surface area contributed by atoms with E-state index >= 15 is 0 Å². The Bertz CT molecular complexity index is 976. The SMILES string of the molecule is Cc1nc2ccccc2n1CC(=O)N/N=C/c1ccccc1C(F)(F)F. The van der Waals surface area contributed by atoms with Crippen molar-refractivity contribution in [3.63, 3.8) is 0 Å². The standard InChI is InChI=1S/C18H15F3N4O/c1-12-23-15-8-4-5-9-16(15)25(12)11-17(26)24-22-10-13-6-2-3-7-14(13)18(19,20)21/h2-10H,11H2,1H3,(H,24,26)/b22-10+. The van der Waals surface area contributed by atoms with Crippen LogP contribution in [-0.4, -0.2) is 21.7 Å². The van der Waals surface area contributed by atoms with Crippen LogP contribution in [0.25, 0.3) is 11.0 Å². The normalized spacial score (nSPS) is 12.0. The van der Waals surface area contributed by atoms with Crippen LogP contribution in [0.1, 0.15) is 17.0 Å². The molecule has 8 heteroatoms. The maximum absolute atomic E-state index is 12.9. The highest BCUT2D eigenvalue weighted by atomic mass is 19.4. The summed E-state index contributed by atoms with van der Waals surface area (Å²) in [6.45, 7) is 1.74. The number of aromatic nitrogens is 2. The molecule has 0 saturated carbocycles. The number of carbonyl (C=O) groups excluding carboxylic acids is 1. The number of amides is 1. The zero-order valence-corrected chi connectivity index (χ0v) is 13.8. The largest absolute Gasteiger partial charge is 0.417 e. The monoisotopic (exact) mass is 360 g/mol. The molecule has 0 aliphatic heterocycles. The maximum atomic E-state index is 12.9. The molecule has 1 aromatic heterocycles. The van der Waals surface area contributed by atoms with Gasteiger partial charge in [-0.1, -0.05) is 30.3 Å². The molecule has 0 atom stereocenters. The molecule has 3 aromatic rings. The van der Waals surface area contributed by atoms with E-state index in [0.29, 0.717) is 5.82 Å². The van der Waals surface area contributed by atoms with Crippen molar-refractivity contribution in [1.82, 2.24) is 15.0 Å². The van der Waals surface area contributed by atoms with Gasteiger partial charge in [0.2, 0.25) is 0 Å². The fourth-order valence-corrected chi connectivity index (χ4v) is 2.62. The van der Waals surface area contributed by atoms with Crippen LogP contribution in [0.4, 0.5) is 13.2 Å². The van der Waals surface area contributed by atoms with Gasteiger partial charge < -0.3 is 4.57 Å². The van der Waals surface area contributed by atoms with E-state index < -0.39 is 17.6 Å². The Morgan fingerprint density at radius 1 is 1.19 bits per heavy atom. The van der Waals surface area contributed by atoms with E-state index in [2.05, 4.69) is 15.5 Å². The number of rotatable bonds is 4. The van der Waals surface area contributed by atoms with Gasteiger partial charge in [0.15, 0.2) is 0 Å². The van der Waals surface area contributed by atoms with Gasteiger partial charge in [0.25, 0.3) is 5.91 Å². The summed E-state index contributed by atoms with van der Waals surface area (Å²) < 4.78 is 40.5. The molecular formula is C18H15F3N4O. The van der Waals surface area contributed by atoms with E-state index in [-0.39, 0.29) is 12.1 Å². The number of benzene rings is 2. The Hall–Kier alpha value is -3.16. The minimum absolute atomic E-state index is 0.0371. The zero-order valence-electron chi connectivity index (χ0n) is 13.8. The van der Waals surface area contributed by atoms with E-state index in [1.165, 1.54) is 18.2 Å². The van der Waals surface area contributed by atoms with Gasteiger partial charge in [-0.3, -0.25) is 4.79 Å². The van der Waals surface area contributed by atoms with Gasteiger partial charge in [-0.25, -0.2) is 10.4 Å². The number of fused-ring (bicyclic) bond motifs is 1. The van der Waals surface area contributed by atoms with Crippen molar-refractivity contribution in [3.05, 3.63) is 65.5 Å². The smallest absolute Gasteiger partial charge is 0.319 e. The van der Waals surface area contributed by atoms with Crippen LogP contribution in [0, 0.1) is 6.92 Å². The van der Waals surface area contributed by atoms with Gasteiger partial charge >= 0.3 is 6.18 Å². The predicted octanol–water partition coefficient (Wildman–Crippen LogP) is 3.51. The van der Waals surface area contributed by atoms with Gasteiger partial charge in [0, 0.05) is 5.56 Å². The third kappa shape index (κ3) is 3.74. The van der Waals surface area contributed by atoms with Crippen molar-refractivity contribution < 1.29 is 18.0 Å². The number of aryl methyl sites for hydroxylation is 1. The predicted molar refractivity (Wildman–Crippen MR) is 91.7 cm³/mol. The molecule has 1 amide bonds. The summed E-state index contributed by atoms with van der Waals surface area (Å²) in [4.78, 5) is 16.4.